The second-order valence-electron chi connectivity index (χ2n) is 6.20. The number of hydrogen-bond donors (Lipinski definition) is 0. The Morgan fingerprint density at radius 3 is 2.26 bits per heavy atom. The summed E-state index contributed by atoms with van der Waals surface area (Å²) in [6.07, 6.45) is 0.736. The van der Waals surface area contributed by atoms with E-state index < -0.39 is 11.7 Å². The van der Waals surface area contributed by atoms with E-state index in [0.717, 1.165) is 37.9 Å². The van der Waals surface area contributed by atoms with Gasteiger partial charge in [0.2, 0.25) is 5.91 Å². The quantitative estimate of drug-likeness (QED) is 0.838. The summed E-state index contributed by atoms with van der Waals surface area (Å²) in [5, 5.41) is 0. The van der Waals surface area contributed by atoms with Gasteiger partial charge in [-0.1, -0.05) is 12.8 Å². The summed E-state index contributed by atoms with van der Waals surface area (Å²) < 4.78 is 37.7. The van der Waals surface area contributed by atoms with Gasteiger partial charge in [-0.3, -0.25) is 4.79 Å². The van der Waals surface area contributed by atoms with Gasteiger partial charge >= 0.3 is 6.18 Å². The van der Waals surface area contributed by atoms with Gasteiger partial charge in [0.1, 0.15) is 5.82 Å². The summed E-state index contributed by atoms with van der Waals surface area (Å²) >= 11 is 0. The summed E-state index contributed by atoms with van der Waals surface area (Å²) in [7, 11) is 0. The van der Waals surface area contributed by atoms with Crippen LogP contribution in [0.3, 0.4) is 0 Å². The van der Waals surface area contributed by atoms with Crippen LogP contribution in [0.25, 0.3) is 0 Å². The molecule has 0 unspecified atom stereocenters. The summed E-state index contributed by atoms with van der Waals surface area (Å²) in [6.45, 7) is 2.43. The normalized spacial score (nSPS) is 20.1. The Bertz CT molecular complexity index is 545. The third kappa shape index (κ3) is 3.59. The standard InChI is InChI=1S/C16H20F3N3O/c17-16(18,19)13-5-6-14(20-11-13)21-7-9-22(10-8-21)15(23)12-3-1-2-4-12/h5-6,11-12H,1-4,7-10H2. The molecule has 1 aromatic rings. The van der Waals surface area contributed by atoms with Gasteiger partial charge in [0.15, 0.2) is 0 Å². The number of nitrogens with zero attached hydrogens (tertiary/aromatic N) is 3. The van der Waals surface area contributed by atoms with Crippen LogP contribution < -0.4 is 4.90 Å². The van der Waals surface area contributed by atoms with Crippen LogP contribution in [0, 0.1) is 5.92 Å². The van der Waals surface area contributed by atoms with E-state index >= 15 is 0 Å². The van der Waals surface area contributed by atoms with Gasteiger partial charge in [0, 0.05) is 38.3 Å². The van der Waals surface area contributed by atoms with Gasteiger partial charge in [0.25, 0.3) is 0 Å². The molecule has 0 spiro atoms. The van der Waals surface area contributed by atoms with Gasteiger partial charge in [-0.15, -0.1) is 0 Å². The van der Waals surface area contributed by atoms with Crippen LogP contribution in [0.1, 0.15) is 31.2 Å². The third-order valence-electron chi connectivity index (χ3n) is 4.69. The molecular weight excluding hydrogens is 307 g/mol. The van der Waals surface area contributed by atoms with Crippen molar-refractivity contribution >= 4 is 11.7 Å². The van der Waals surface area contributed by atoms with E-state index in [-0.39, 0.29) is 11.8 Å². The molecule has 0 radical (unpaired) electrons. The number of rotatable bonds is 2. The van der Waals surface area contributed by atoms with E-state index in [9.17, 15) is 18.0 Å². The van der Waals surface area contributed by atoms with Crippen molar-refractivity contribution in [2.45, 2.75) is 31.9 Å². The average Bonchev–Trinajstić information content (AvgIpc) is 3.08. The lowest BCUT2D eigenvalue weighted by atomic mass is 10.1. The highest BCUT2D eigenvalue weighted by Crippen LogP contribution is 2.30. The first kappa shape index (κ1) is 16.1. The molecule has 1 aliphatic heterocycles. The Hall–Kier alpha value is -1.79. The zero-order valence-corrected chi connectivity index (χ0v) is 12.9. The molecule has 0 aromatic carbocycles. The maximum absolute atomic E-state index is 12.6. The molecule has 126 valence electrons. The smallest absolute Gasteiger partial charge is 0.353 e. The number of aromatic nitrogens is 1. The zero-order chi connectivity index (χ0) is 16.4. The second-order valence-corrected chi connectivity index (χ2v) is 6.20. The van der Waals surface area contributed by atoms with Crippen LogP contribution in [0.4, 0.5) is 19.0 Å². The van der Waals surface area contributed by atoms with Crippen LogP contribution >= 0.6 is 0 Å². The highest BCUT2D eigenvalue weighted by Gasteiger charge is 2.32. The Balaban J connectivity index is 1.57. The van der Waals surface area contributed by atoms with E-state index in [1.807, 2.05) is 9.80 Å². The lowest BCUT2D eigenvalue weighted by molar-refractivity contribution is -0.138. The van der Waals surface area contributed by atoms with Crippen molar-refractivity contribution in [3.63, 3.8) is 0 Å². The lowest BCUT2D eigenvalue weighted by Gasteiger charge is -2.36. The molecule has 4 nitrogen and oxygen atoms in total. The molecule has 1 aliphatic carbocycles. The number of piperazine rings is 1. The van der Waals surface area contributed by atoms with Crippen molar-refractivity contribution in [2.75, 3.05) is 31.1 Å². The maximum Gasteiger partial charge on any atom is 0.417 e. The molecule has 2 aliphatic rings. The summed E-state index contributed by atoms with van der Waals surface area (Å²) in [5.41, 5.74) is -0.740. The minimum Gasteiger partial charge on any atom is -0.353 e. The largest absolute Gasteiger partial charge is 0.417 e. The monoisotopic (exact) mass is 327 g/mol. The van der Waals surface area contributed by atoms with E-state index in [4.69, 9.17) is 0 Å². The molecule has 7 heteroatoms. The predicted octanol–water partition coefficient (Wildman–Crippen LogP) is 2.94. The highest BCUT2D eigenvalue weighted by molar-refractivity contribution is 5.79. The molecule has 0 atom stereocenters. The van der Waals surface area contributed by atoms with Gasteiger partial charge in [0.05, 0.1) is 5.56 Å². The van der Waals surface area contributed by atoms with Crippen molar-refractivity contribution in [3.8, 4) is 0 Å². The number of pyridine rings is 1. The van der Waals surface area contributed by atoms with Crippen LogP contribution in [-0.2, 0) is 11.0 Å². The fourth-order valence-corrected chi connectivity index (χ4v) is 3.33. The first-order valence-electron chi connectivity index (χ1n) is 8.02. The lowest BCUT2D eigenvalue weighted by Crippen LogP contribution is -2.50. The molecule has 1 saturated carbocycles. The molecule has 1 aromatic heterocycles. The third-order valence-corrected chi connectivity index (χ3v) is 4.69. The summed E-state index contributed by atoms with van der Waals surface area (Å²) in [4.78, 5) is 20.1. The summed E-state index contributed by atoms with van der Waals surface area (Å²) in [5.74, 6) is 0.944. The number of hydrogen-bond acceptors (Lipinski definition) is 3. The number of halogens is 3. The molecule has 1 amide bonds. The topological polar surface area (TPSA) is 36.4 Å². The van der Waals surface area contributed by atoms with Crippen LogP contribution in [-0.4, -0.2) is 42.0 Å². The van der Waals surface area contributed by atoms with Crippen molar-refractivity contribution in [1.29, 1.82) is 0 Å². The number of carbonyl (C=O) groups is 1. The fraction of sp³-hybridized carbons (Fsp3) is 0.625. The number of amides is 1. The van der Waals surface area contributed by atoms with Crippen molar-refractivity contribution < 1.29 is 18.0 Å². The van der Waals surface area contributed by atoms with Crippen molar-refractivity contribution in [1.82, 2.24) is 9.88 Å². The minimum atomic E-state index is -4.36. The van der Waals surface area contributed by atoms with Crippen LogP contribution in [0.5, 0.6) is 0 Å². The van der Waals surface area contributed by atoms with E-state index in [1.54, 1.807) is 0 Å². The van der Waals surface area contributed by atoms with Crippen molar-refractivity contribution in [2.24, 2.45) is 5.92 Å². The molecule has 23 heavy (non-hydrogen) atoms. The second kappa shape index (κ2) is 6.37. The van der Waals surface area contributed by atoms with E-state index in [1.165, 1.54) is 6.07 Å². The molecule has 0 N–H and O–H groups in total. The number of carbonyl (C=O) groups excluding carboxylic acids is 1. The SMILES string of the molecule is O=C(C1CCCC1)N1CCN(c2ccc(C(F)(F)F)cn2)CC1. The first-order valence-corrected chi connectivity index (χ1v) is 8.02. The molecular formula is C16H20F3N3O. The zero-order valence-electron chi connectivity index (χ0n) is 12.9. The highest BCUT2D eigenvalue weighted by atomic mass is 19.4. The maximum atomic E-state index is 12.6. The van der Waals surface area contributed by atoms with E-state index in [2.05, 4.69) is 4.98 Å². The molecule has 2 fully saturated rings. The first-order chi connectivity index (χ1) is 10.9. The Morgan fingerprint density at radius 2 is 1.74 bits per heavy atom. The van der Waals surface area contributed by atoms with Crippen molar-refractivity contribution in [3.05, 3.63) is 23.9 Å². The Morgan fingerprint density at radius 1 is 1.09 bits per heavy atom. The van der Waals surface area contributed by atoms with Gasteiger partial charge < -0.3 is 9.80 Å². The van der Waals surface area contributed by atoms with E-state index in [0.29, 0.717) is 32.0 Å². The fourth-order valence-electron chi connectivity index (χ4n) is 3.33. The average molecular weight is 327 g/mol. The molecule has 3 rings (SSSR count). The summed E-state index contributed by atoms with van der Waals surface area (Å²) in [6, 6.07) is 2.45. The van der Waals surface area contributed by atoms with Crippen LogP contribution in [0.15, 0.2) is 18.3 Å². The Labute approximate surface area is 133 Å². The van der Waals surface area contributed by atoms with Gasteiger partial charge in [-0.25, -0.2) is 4.98 Å². The Kier molecular flexibility index (Phi) is 4.46. The van der Waals surface area contributed by atoms with Gasteiger partial charge in [-0.2, -0.15) is 13.2 Å². The molecule has 2 heterocycles. The molecule has 1 saturated heterocycles. The number of alkyl halides is 3. The van der Waals surface area contributed by atoms with Gasteiger partial charge in [-0.05, 0) is 25.0 Å². The predicted molar refractivity (Wildman–Crippen MR) is 80.0 cm³/mol. The number of anilines is 1. The molecule has 0 bridgehead atoms. The minimum absolute atomic E-state index is 0.172. The van der Waals surface area contributed by atoms with Crippen LogP contribution in [0.2, 0.25) is 0 Å².